The second kappa shape index (κ2) is 5.69. The second-order valence-corrected chi connectivity index (χ2v) is 12.2. The molecule has 0 radical (unpaired) electrons. The lowest BCUT2D eigenvalue weighted by atomic mass is 9.89. The van der Waals surface area contributed by atoms with Crippen LogP contribution in [0, 0.1) is 5.82 Å². The van der Waals surface area contributed by atoms with Gasteiger partial charge >= 0.3 is 0 Å². The normalized spacial score (nSPS) is 16.5. The molecule has 0 saturated heterocycles. The minimum absolute atomic E-state index is 0.280. The van der Waals surface area contributed by atoms with Gasteiger partial charge in [-0.3, -0.25) is 0 Å². The maximum atomic E-state index is 13.2. The lowest BCUT2D eigenvalue weighted by Gasteiger charge is -2.38. The summed E-state index contributed by atoms with van der Waals surface area (Å²) >= 11 is 0. The molecule has 2 atom stereocenters. The second-order valence-electron chi connectivity index (χ2n) is 6.72. The standard InChI is InChI=1S/C15H22FN3OSi/c1-12(19-11-17-10-18-19)15(20,9-21(2,3)4)13-5-7-14(16)8-6-13/h5-8,10-12,20H,9H2,1-4H3. The lowest BCUT2D eigenvalue weighted by Crippen LogP contribution is -2.42. The zero-order valence-electron chi connectivity index (χ0n) is 12.9. The van der Waals surface area contributed by atoms with Crippen LogP contribution in [0.1, 0.15) is 18.5 Å². The predicted molar refractivity (Wildman–Crippen MR) is 83.2 cm³/mol. The molecular weight excluding hydrogens is 285 g/mol. The molecule has 21 heavy (non-hydrogen) atoms. The summed E-state index contributed by atoms with van der Waals surface area (Å²) in [5, 5.41) is 15.5. The molecule has 1 aromatic heterocycles. The molecule has 2 aromatic rings. The van der Waals surface area contributed by atoms with Crippen LogP contribution < -0.4 is 0 Å². The van der Waals surface area contributed by atoms with Crippen molar-refractivity contribution in [3.63, 3.8) is 0 Å². The molecule has 1 heterocycles. The molecular formula is C15H22FN3OSi. The molecule has 2 rings (SSSR count). The molecule has 114 valence electrons. The van der Waals surface area contributed by atoms with Crippen LogP contribution in [0.15, 0.2) is 36.9 Å². The molecule has 0 amide bonds. The Hall–Kier alpha value is -1.53. The van der Waals surface area contributed by atoms with Crippen molar-refractivity contribution in [1.82, 2.24) is 14.8 Å². The number of aliphatic hydroxyl groups is 1. The Kier molecular flexibility index (Phi) is 4.29. The van der Waals surface area contributed by atoms with Crippen LogP contribution in [-0.2, 0) is 5.60 Å². The fraction of sp³-hybridized carbons (Fsp3) is 0.467. The van der Waals surface area contributed by atoms with Crippen molar-refractivity contribution < 1.29 is 9.50 Å². The van der Waals surface area contributed by atoms with Crippen molar-refractivity contribution in [1.29, 1.82) is 0 Å². The van der Waals surface area contributed by atoms with Gasteiger partial charge in [0, 0.05) is 8.07 Å². The Morgan fingerprint density at radius 3 is 2.38 bits per heavy atom. The number of rotatable bonds is 5. The van der Waals surface area contributed by atoms with Gasteiger partial charge in [0.1, 0.15) is 24.1 Å². The molecule has 2 unspecified atom stereocenters. The molecule has 1 aromatic carbocycles. The van der Waals surface area contributed by atoms with Crippen LogP contribution in [-0.4, -0.2) is 27.9 Å². The first-order chi connectivity index (χ1) is 9.72. The first kappa shape index (κ1) is 15.8. The number of halogens is 1. The van der Waals surface area contributed by atoms with Crippen LogP contribution in [0.4, 0.5) is 4.39 Å². The molecule has 6 heteroatoms. The highest BCUT2D eigenvalue weighted by Crippen LogP contribution is 2.39. The number of benzene rings is 1. The molecule has 0 aliphatic rings. The topological polar surface area (TPSA) is 50.9 Å². The van der Waals surface area contributed by atoms with E-state index < -0.39 is 13.7 Å². The van der Waals surface area contributed by atoms with E-state index in [1.54, 1.807) is 23.1 Å². The molecule has 1 N–H and O–H groups in total. The zero-order valence-corrected chi connectivity index (χ0v) is 13.9. The largest absolute Gasteiger partial charge is 0.383 e. The molecule has 0 fully saturated rings. The van der Waals surface area contributed by atoms with Crippen molar-refractivity contribution in [2.75, 3.05) is 0 Å². The fourth-order valence-electron chi connectivity index (χ4n) is 2.67. The highest BCUT2D eigenvalue weighted by molar-refractivity contribution is 6.76. The Balaban J connectivity index is 2.46. The third-order valence-corrected chi connectivity index (χ3v) is 5.27. The van der Waals surface area contributed by atoms with Gasteiger partial charge < -0.3 is 5.11 Å². The Labute approximate surface area is 125 Å². The van der Waals surface area contributed by atoms with Gasteiger partial charge in [-0.25, -0.2) is 14.1 Å². The average molecular weight is 307 g/mol. The highest BCUT2D eigenvalue weighted by atomic mass is 28.3. The van der Waals surface area contributed by atoms with Crippen LogP contribution in [0.25, 0.3) is 0 Å². The van der Waals surface area contributed by atoms with Crippen LogP contribution in [0.2, 0.25) is 25.7 Å². The van der Waals surface area contributed by atoms with Gasteiger partial charge in [0.05, 0.1) is 6.04 Å². The molecule has 0 saturated carbocycles. The van der Waals surface area contributed by atoms with Crippen LogP contribution in [0.3, 0.4) is 0 Å². The SMILES string of the molecule is CC(n1cncn1)C(O)(C[Si](C)(C)C)c1ccc(F)cc1. The summed E-state index contributed by atoms with van der Waals surface area (Å²) in [4.78, 5) is 3.95. The van der Waals surface area contributed by atoms with E-state index in [2.05, 4.69) is 29.7 Å². The quantitative estimate of drug-likeness (QED) is 0.863. The molecule has 0 aliphatic carbocycles. The van der Waals surface area contributed by atoms with Gasteiger partial charge in [-0.05, 0) is 30.7 Å². The van der Waals surface area contributed by atoms with Gasteiger partial charge in [0.15, 0.2) is 0 Å². The van der Waals surface area contributed by atoms with Gasteiger partial charge in [0.25, 0.3) is 0 Å². The third-order valence-electron chi connectivity index (χ3n) is 3.67. The maximum absolute atomic E-state index is 13.2. The fourth-order valence-corrected chi connectivity index (χ4v) is 4.79. The minimum atomic E-state index is -1.57. The monoisotopic (exact) mass is 307 g/mol. The number of aromatic nitrogens is 3. The van der Waals surface area contributed by atoms with Crippen molar-refractivity contribution >= 4 is 8.07 Å². The van der Waals surface area contributed by atoms with E-state index >= 15 is 0 Å². The summed E-state index contributed by atoms with van der Waals surface area (Å²) in [6.07, 6.45) is 3.06. The van der Waals surface area contributed by atoms with E-state index in [0.29, 0.717) is 11.6 Å². The molecule has 0 spiro atoms. The van der Waals surface area contributed by atoms with Crippen molar-refractivity contribution in [3.8, 4) is 0 Å². The van der Waals surface area contributed by atoms with E-state index in [4.69, 9.17) is 0 Å². The molecule has 4 nitrogen and oxygen atoms in total. The Morgan fingerprint density at radius 2 is 1.90 bits per heavy atom. The Bertz CT molecular complexity index is 580. The summed E-state index contributed by atoms with van der Waals surface area (Å²) < 4.78 is 14.8. The van der Waals surface area contributed by atoms with Gasteiger partial charge in [-0.1, -0.05) is 31.8 Å². The van der Waals surface area contributed by atoms with Crippen LogP contribution >= 0.6 is 0 Å². The van der Waals surface area contributed by atoms with E-state index in [1.165, 1.54) is 18.5 Å². The highest BCUT2D eigenvalue weighted by Gasteiger charge is 2.41. The van der Waals surface area contributed by atoms with Crippen molar-refractivity contribution in [3.05, 3.63) is 48.3 Å². The van der Waals surface area contributed by atoms with Crippen molar-refractivity contribution in [2.24, 2.45) is 0 Å². The lowest BCUT2D eigenvalue weighted by molar-refractivity contribution is 0.00155. The van der Waals surface area contributed by atoms with Crippen molar-refractivity contribution in [2.45, 2.75) is 44.3 Å². The first-order valence-corrected chi connectivity index (χ1v) is 10.8. The number of nitrogens with zero attached hydrogens (tertiary/aromatic N) is 3. The van der Waals surface area contributed by atoms with Gasteiger partial charge in [-0.2, -0.15) is 5.10 Å². The third kappa shape index (κ3) is 3.57. The van der Waals surface area contributed by atoms with Gasteiger partial charge in [0.2, 0.25) is 0 Å². The zero-order chi connectivity index (χ0) is 15.7. The summed E-state index contributed by atoms with van der Waals surface area (Å²) in [6, 6.07) is 6.47. The van der Waals surface area contributed by atoms with Gasteiger partial charge in [-0.15, -0.1) is 0 Å². The number of hydrogen-bond acceptors (Lipinski definition) is 3. The number of hydrogen-bond donors (Lipinski definition) is 1. The smallest absolute Gasteiger partial charge is 0.137 e. The summed E-state index contributed by atoms with van der Waals surface area (Å²) in [6.45, 7) is 8.53. The maximum Gasteiger partial charge on any atom is 0.137 e. The summed E-state index contributed by atoms with van der Waals surface area (Å²) in [7, 11) is -1.57. The average Bonchev–Trinajstić information content (AvgIpc) is 2.90. The molecule has 0 aliphatic heterocycles. The Morgan fingerprint density at radius 1 is 1.29 bits per heavy atom. The predicted octanol–water partition coefficient (Wildman–Crippen LogP) is 3.20. The summed E-state index contributed by atoms with van der Waals surface area (Å²) in [5.74, 6) is -0.303. The molecule has 0 bridgehead atoms. The van der Waals surface area contributed by atoms with E-state index in [1.807, 2.05) is 6.92 Å². The summed E-state index contributed by atoms with van der Waals surface area (Å²) in [5.41, 5.74) is -0.374. The first-order valence-electron chi connectivity index (χ1n) is 7.05. The minimum Gasteiger partial charge on any atom is -0.383 e. The van der Waals surface area contributed by atoms with E-state index in [9.17, 15) is 9.50 Å². The van der Waals surface area contributed by atoms with Crippen LogP contribution in [0.5, 0.6) is 0 Å². The van der Waals surface area contributed by atoms with E-state index in [-0.39, 0.29) is 11.9 Å². The van der Waals surface area contributed by atoms with E-state index in [0.717, 1.165) is 0 Å².